The predicted octanol–water partition coefficient (Wildman–Crippen LogP) is 2.97. The standard InChI is InChI=1S/C16H23NO3S/c1-2-3-11-21-12-9-15(18)17-10-8-13-4-6-14(7-5-13)16(19)20/h4-7H,2-3,8-12H2,1H3,(H,17,18)(H,19,20). The van der Waals surface area contributed by atoms with Crippen LogP contribution in [-0.2, 0) is 11.2 Å². The van der Waals surface area contributed by atoms with E-state index in [9.17, 15) is 9.59 Å². The average molecular weight is 309 g/mol. The van der Waals surface area contributed by atoms with Gasteiger partial charge in [0.2, 0.25) is 5.91 Å². The Kier molecular flexibility index (Phi) is 8.59. The average Bonchev–Trinajstić information content (AvgIpc) is 2.47. The first-order valence-electron chi connectivity index (χ1n) is 7.30. The summed E-state index contributed by atoms with van der Waals surface area (Å²) < 4.78 is 0. The number of carboxylic acid groups (broad SMARTS) is 1. The largest absolute Gasteiger partial charge is 0.478 e. The van der Waals surface area contributed by atoms with Crippen molar-refractivity contribution in [1.82, 2.24) is 5.32 Å². The molecule has 0 aliphatic carbocycles. The molecule has 2 N–H and O–H groups in total. The Morgan fingerprint density at radius 1 is 1.19 bits per heavy atom. The second-order valence-electron chi connectivity index (χ2n) is 4.82. The van der Waals surface area contributed by atoms with Gasteiger partial charge < -0.3 is 10.4 Å². The molecule has 0 bridgehead atoms. The van der Waals surface area contributed by atoms with Crippen molar-refractivity contribution in [3.05, 3.63) is 35.4 Å². The summed E-state index contributed by atoms with van der Waals surface area (Å²) in [6.45, 7) is 2.75. The SMILES string of the molecule is CCCCSCCC(=O)NCCc1ccc(C(=O)O)cc1. The number of thioether (sulfide) groups is 1. The maximum atomic E-state index is 11.6. The van der Waals surface area contributed by atoms with E-state index in [0.717, 1.165) is 17.1 Å². The lowest BCUT2D eigenvalue weighted by Crippen LogP contribution is -2.25. The topological polar surface area (TPSA) is 66.4 Å². The normalized spacial score (nSPS) is 10.3. The maximum Gasteiger partial charge on any atom is 0.335 e. The number of carboxylic acids is 1. The van der Waals surface area contributed by atoms with Crippen LogP contribution in [0.1, 0.15) is 42.1 Å². The van der Waals surface area contributed by atoms with Gasteiger partial charge in [0.05, 0.1) is 5.56 Å². The minimum atomic E-state index is -0.921. The van der Waals surface area contributed by atoms with Gasteiger partial charge in [-0.15, -0.1) is 0 Å². The van der Waals surface area contributed by atoms with Crippen molar-refractivity contribution in [2.45, 2.75) is 32.6 Å². The number of rotatable bonds is 10. The Balaban J connectivity index is 2.15. The van der Waals surface area contributed by atoms with Gasteiger partial charge in [0, 0.05) is 18.7 Å². The van der Waals surface area contributed by atoms with Crippen LogP contribution in [0, 0.1) is 0 Å². The van der Waals surface area contributed by atoms with Crippen LogP contribution in [0.3, 0.4) is 0 Å². The van der Waals surface area contributed by atoms with E-state index >= 15 is 0 Å². The zero-order chi connectivity index (χ0) is 15.5. The molecule has 0 saturated heterocycles. The maximum absolute atomic E-state index is 11.6. The van der Waals surface area contributed by atoms with Crippen LogP contribution in [0.25, 0.3) is 0 Å². The van der Waals surface area contributed by atoms with Crippen LogP contribution < -0.4 is 5.32 Å². The van der Waals surface area contributed by atoms with Crippen molar-refractivity contribution in [2.75, 3.05) is 18.1 Å². The molecule has 1 aromatic rings. The molecule has 0 aliphatic rings. The highest BCUT2D eigenvalue weighted by atomic mass is 32.2. The highest BCUT2D eigenvalue weighted by Crippen LogP contribution is 2.06. The van der Waals surface area contributed by atoms with Gasteiger partial charge in [-0.2, -0.15) is 11.8 Å². The van der Waals surface area contributed by atoms with Crippen LogP contribution in [0.4, 0.5) is 0 Å². The summed E-state index contributed by atoms with van der Waals surface area (Å²) in [5.74, 6) is 1.16. The number of hydrogen-bond acceptors (Lipinski definition) is 3. The molecule has 0 fully saturated rings. The summed E-state index contributed by atoms with van der Waals surface area (Å²) in [4.78, 5) is 22.3. The molecule has 0 aliphatic heterocycles. The van der Waals surface area contributed by atoms with E-state index < -0.39 is 5.97 Å². The van der Waals surface area contributed by atoms with E-state index in [4.69, 9.17) is 5.11 Å². The van der Waals surface area contributed by atoms with Crippen LogP contribution in [0.5, 0.6) is 0 Å². The molecule has 0 unspecified atom stereocenters. The summed E-state index contributed by atoms with van der Waals surface area (Å²) in [6, 6.07) is 6.75. The van der Waals surface area contributed by atoms with Crippen molar-refractivity contribution in [3.63, 3.8) is 0 Å². The molecule has 4 nitrogen and oxygen atoms in total. The minimum absolute atomic E-state index is 0.0844. The first kappa shape index (κ1) is 17.6. The van der Waals surface area contributed by atoms with E-state index in [1.165, 1.54) is 12.8 Å². The summed E-state index contributed by atoms with van der Waals surface area (Å²) >= 11 is 1.82. The Bertz CT molecular complexity index is 445. The third-order valence-electron chi connectivity index (χ3n) is 3.05. The monoisotopic (exact) mass is 309 g/mol. The van der Waals surface area contributed by atoms with Gasteiger partial charge in [0.25, 0.3) is 0 Å². The van der Waals surface area contributed by atoms with Gasteiger partial charge in [-0.1, -0.05) is 25.5 Å². The van der Waals surface area contributed by atoms with Crippen molar-refractivity contribution in [3.8, 4) is 0 Å². The van der Waals surface area contributed by atoms with Crippen LogP contribution in [-0.4, -0.2) is 35.0 Å². The molecule has 0 heterocycles. The predicted molar refractivity (Wildman–Crippen MR) is 87.0 cm³/mol. The van der Waals surface area contributed by atoms with Gasteiger partial charge in [-0.25, -0.2) is 4.79 Å². The molecule has 1 aromatic carbocycles. The Labute approximate surface area is 130 Å². The van der Waals surface area contributed by atoms with Crippen LogP contribution in [0.2, 0.25) is 0 Å². The van der Waals surface area contributed by atoms with Crippen molar-refractivity contribution < 1.29 is 14.7 Å². The number of amides is 1. The van der Waals surface area contributed by atoms with E-state index in [0.29, 0.717) is 19.4 Å². The lowest BCUT2D eigenvalue weighted by atomic mass is 10.1. The lowest BCUT2D eigenvalue weighted by Gasteiger charge is -2.06. The second-order valence-corrected chi connectivity index (χ2v) is 6.04. The number of nitrogens with one attached hydrogen (secondary N) is 1. The summed E-state index contributed by atoms with van der Waals surface area (Å²) in [7, 11) is 0. The van der Waals surface area contributed by atoms with E-state index in [2.05, 4.69) is 12.2 Å². The number of carbonyl (C=O) groups is 2. The fourth-order valence-corrected chi connectivity index (χ4v) is 2.79. The Morgan fingerprint density at radius 3 is 2.52 bits per heavy atom. The summed E-state index contributed by atoms with van der Waals surface area (Å²) in [5.41, 5.74) is 1.31. The minimum Gasteiger partial charge on any atom is -0.478 e. The molecular formula is C16H23NO3S. The number of unbranched alkanes of at least 4 members (excludes halogenated alkanes) is 1. The molecular weight excluding hydrogens is 286 g/mol. The number of aromatic carboxylic acids is 1. The first-order chi connectivity index (χ1) is 10.1. The van der Waals surface area contributed by atoms with Crippen LogP contribution in [0.15, 0.2) is 24.3 Å². The smallest absolute Gasteiger partial charge is 0.335 e. The third-order valence-corrected chi connectivity index (χ3v) is 4.12. The molecule has 21 heavy (non-hydrogen) atoms. The lowest BCUT2D eigenvalue weighted by molar-refractivity contribution is -0.120. The highest BCUT2D eigenvalue weighted by Gasteiger charge is 2.03. The van der Waals surface area contributed by atoms with Gasteiger partial charge >= 0.3 is 5.97 Å². The molecule has 0 aromatic heterocycles. The molecule has 5 heteroatoms. The van der Waals surface area contributed by atoms with Crippen molar-refractivity contribution in [1.29, 1.82) is 0 Å². The molecule has 0 atom stereocenters. The van der Waals surface area contributed by atoms with Crippen molar-refractivity contribution >= 4 is 23.6 Å². The second kappa shape index (κ2) is 10.3. The van der Waals surface area contributed by atoms with Crippen LogP contribution >= 0.6 is 11.8 Å². The summed E-state index contributed by atoms with van der Waals surface area (Å²) in [6.07, 6.45) is 3.68. The zero-order valence-corrected chi connectivity index (χ0v) is 13.2. The first-order valence-corrected chi connectivity index (χ1v) is 8.45. The fourth-order valence-electron chi connectivity index (χ4n) is 1.76. The van der Waals surface area contributed by atoms with Crippen molar-refractivity contribution in [2.24, 2.45) is 0 Å². The molecule has 116 valence electrons. The molecule has 1 rings (SSSR count). The van der Waals surface area contributed by atoms with E-state index in [1.807, 2.05) is 11.8 Å². The van der Waals surface area contributed by atoms with Gasteiger partial charge in [0.15, 0.2) is 0 Å². The van der Waals surface area contributed by atoms with Gasteiger partial charge in [0.1, 0.15) is 0 Å². The third kappa shape index (κ3) is 7.75. The van der Waals surface area contributed by atoms with Gasteiger partial charge in [-0.3, -0.25) is 4.79 Å². The molecule has 0 radical (unpaired) electrons. The number of benzene rings is 1. The Hall–Kier alpha value is -1.49. The molecule has 0 saturated carbocycles. The molecule has 0 spiro atoms. The highest BCUT2D eigenvalue weighted by molar-refractivity contribution is 7.99. The number of hydrogen-bond donors (Lipinski definition) is 2. The van der Waals surface area contributed by atoms with E-state index in [-0.39, 0.29) is 11.5 Å². The quantitative estimate of drug-likeness (QED) is 0.652. The van der Waals surface area contributed by atoms with Gasteiger partial charge in [-0.05, 0) is 36.3 Å². The van der Waals surface area contributed by atoms with E-state index in [1.54, 1.807) is 24.3 Å². The Morgan fingerprint density at radius 2 is 1.90 bits per heavy atom. The zero-order valence-electron chi connectivity index (χ0n) is 12.4. The molecule has 1 amide bonds. The summed E-state index contributed by atoms with van der Waals surface area (Å²) in [5, 5.41) is 11.7. The fraction of sp³-hybridized carbons (Fsp3) is 0.500. The number of carbonyl (C=O) groups excluding carboxylic acids is 1.